The van der Waals surface area contributed by atoms with E-state index in [-0.39, 0.29) is 23.4 Å². The zero-order valence-electron chi connectivity index (χ0n) is 22.0. The SMILES string of the molecule is CCCC(C)N=C/C(=C\N)c1cc(C(F)(F)F)cc(C(F)(F)F)c1OC(=O)N(C)c1ccc(F)cc1.O=CNC=O. The maximum absolute atomic E-state index is 13.9. The zero-order chi connectivity index (χ0) is 31.4. The van der Waals surface area contributed by atoms with Crippen molar-refractivity contribution in [2.75, 3.05) is 11.9 Å². The van der Waals surface area contributed by atoms with Crippen molar-refractivity contribution in [1.29, 1.82) is 0 Å². The number of amides is 3. The van der Waals surface area contributed by atoms with E-state index in [1.807, 2.05) is 6.92 Å². The first kappa shape index (κ1) is 34.6. The van der Waals surface area contributed by atoms with Crippen LogP contribution in [0.5, 0.6) is 5.75 Å². The molecule has 0 fully saturated rings. The van der Waals surface area contributed by atoms with Crippen molar-refractivity contribution in [1.82, 2.24) is 5.32 Å². The summed E-state index contributed by atoms with van der Waals surface area (Å²) in [7, 11) is 1.14. The Morgan fingerprint density at radius 2 is 1.66 bits per heavy atom. The summed E-state index contributed by atoms with van der Waals surface area (Å²) in [6, 6.07) is 4.32. The second kappa shape index (κ2) is 15.4. The van der Waals surface area contributed by atoms with Crippen molar-refractivity contribution in [3.05, 3.63) is 65.1 Å². The van der Waals surface area contributed by atoms with E-state index in [9.17, 15) is 35.5 Å². The number of ether oxygens (including phenoxy) is 1. The third kappa shape index (κ3) is 10.6. The fraction of sp³-hybridized carbons (Fsp3) is 0.308. The average molecular weight is 593 g/mol. The van der Waals surface area contributed by atoms with Gasteiger partial charge in [0.25, 0.3) is 0 Å². The van der Waals surface area contributed by atoms with Gasteiger partial charge in [-0.15, -0.1) is 0 Å². The Bertz CT molecular complexity index is 1240. The number of nitrogens with zero attached hydrogens (tertiary/aromatic N) is 2. The molecule has 0 aliphatic heterocycles. The van der Waals surface area contributed by atoms with Crippen molar-refractivity contribution >= 4 is 36.4 Å². The number of nitrogens with two attached hydrogens (primary N) is 1. The quantitative estimate of drug-likeness (QED) is 0.212. The highest BCUT2D eigenvalue weighted by Crippen LogP contribution is 2.44. The van der Waals surface area contributed by atoms with E-state index < -0.39 is 46.7 Å². The number of nitrogens with one attached hydrogen (secondary N) is 1. The van der Waals surface area contributed by atoms with Crippen LogP contribution in [0.4, 0.5) is 41.2 Å². The van der Waals surface area contributed by atoms with E-state index in [4.69, 9.17) is 20.1 Å². The van der Waals surface area contributed by atoms with Gasteiger partial charge in [0.15, 0.2) is 5.75 Å². The highest BCUT2D eigenvalue weighted by Gasteiger charge is 2.41. The Morgan fingerprint density at radius 1 is 1.07 bits per heavy atom. The molecule has 0 aromatic heterocycles. The summed E-state index contributed by atoms with van der Waals surface area (Å²) in [5.74, 6) is -1.81. The summed E-state index contributed by atoms with van der Waals surface area (Å²) in [5.41, 5.74) is 1.11. The Hall–Kier alpha value is -4.43. The number of aliphatic imine (C=N–C) groups is 1. The van der Waals surface area contributed by atoms with E-state index in [0.29, 0.717) is 25.3 Å². The van der Waals surface area contributed by atoms with Gasteiger partial charge in [0, 0.05) is 42.3 Å². The van der Waals surface area contributed by atoms with E-state index >= 15 is 0 Å². The molecule has 2 aromatic carbocycles. The highest BCUT2D eigenvalue weighted by atomic mass is 19.4. The number of alkyl halides is 6. The lowest BCUT2D eigenvalue weighted by molar-refractivity contribution is -0.143. The maximum atomic E-state index is 13.9. The molecule has 2 aromatic rings. The van der Waals surface area contributed by atoms with E-state index in [0.717, 1.165) is 42.9 Å². The Morgan fingerprint density at radius 3 is 2.10 bits per heavy atom. The lowest BCUT2D eigenvalue weighted by Gasteiger charge is -2.22. The molecule has 224 valence electrons. The summed E-state index contributed by atoms with van der Waals surface area (Å²) in [6.45, 7) is 3.59. The minimum Gasteiger partial charge on any atom is -0.409 e. The van der Waals surface area contributed by atoms with Crippen molar-refractivity contribution < 1.29 is 49.9 Å². The van der Waals surface area contributed by atoms with E-state index in [2.05, 4.69) is 4.99 Å². The predicted molar refractivity (Wildman–Crippen MR) is 138 cm³/mol. The van der Waals surface area contributed by atoms with Crippen LogP contribution >= 0.6 is 0 Å². The van der Waals surface area contributed by atoms with Gasteiger partial charge in [-0.1, -0.05) is 13.3 Å². The molecule has 0 aliphatic carbocycles. The van der Waals surface area contributed by atoms with Crippen LogP contribution in [-0.4, -0.2) is 38.2 Å². The van der Waals surface area contributed by atoms with E-state index in [1.54, 1.807) is 12.2 Å². The Balaban J connectivity index is 0.00000154. The second-order valence-corrected chi connectivity index (χ2v) is 8.24. The Kier molecular flexibility index (Phi) is 13.0. The number of halogens is 7. The molecular formula is C26H27F7N4O4. The van der Waals surface area contributed by atoms with Gasteiger partial charge in [0.05, 0.1) is 11.1 Å². The first-order chi connectivity index (χ1) is 19.1. The molecule has 0 saturated carbocycles. The lowest BCUT2D eigenvalue weighted by Crippen LogP contribution is -2.30. The summed E-state index contributed by atoms with van der Waals surface area (Å²) in [5, 5.41) is 1.75. The molecule has 41 heavy (non-hydrogen) atoms. The van der Waals surface area contributed by atoms with Gasteiger partial charge in [0.1, 0.15) is 5.82 Å². The van der Waals surface area contributed by atoms with Gasteiger partial charge >= 0.3 is 18.4 Å². The van der Waals surface area contributed by atoms with Gasteiger partial charge in [0.2, 0.25) is 12.8 Å². The molecule has 0 saturated heterocycles. The molecule has 3 amide bonds. The largest absolute Gasteiger partial charge is 0.420 e. The normalized spacial score (nSPS) is 12.7. The summed E-state index contributed by atoms with van der Waals surface area (Å²) in [6.07, 6.45) is -8.05. The lowest BCUT2D eigenvalue weighted by atomic mass is 9.98. The molecular weight excluding hydrogens is 565 g/mol. The molecule has 0 bridgehead atoms. The second-order valence-electron chi connectivity index (χ2n) is 8.24. The van der Waals surface area contributed by atoms with Crippen LogP contribution < -0.4 is 20.7 Å². The van der Waals surface area contributed by atoms with Crippen LogP contribution in [-0.2, 0) is 21.9 Å². The van der Waals surface area contributed by atoms with Crippen molar-refractivity contribution in [3.63, 3.8) is 0 Å². The van der Waals surface area contributed by atoms with Crippen molar-refractivity contribution in [3.8, 4) is 5.75 Å². The minimum absolute atomic E-state index is 0.0629. The Labute approximate surface area is 230 Å². The molecule has 0 aliphatic rings. The van der Waals surface area contributed by atoms with Crippen LogP contribution in [0.1, 0.15) is 43.4 Å². The summed E-state index contributed by atoms with van der Waals surface area (Å²) < 4.78 is 100. The summed E-state index contributed by atoms with van der Waals surface area (Å²) in [4.78, 5) is 35.7. The summed E-state index contributed by atoms with van der Waals surface area (Å²) >= 11 is 0. The smallest absolute Gasteiger partial charge is 0.409 e. The van der Waals surface area contributed by atoms with Gasteiger partial charge in [-0.3, -0.25) is 19.5 Å². The van der Waals surface area contributed by atoms with Gasteiger partial charge in [-0.05, 0) is 49.7 Å². The molecule has 0 spiro atoms. The number of carbonyl (C=O) groups excluding carboxylic acids is 3. The number of rotatable bonds is 9. The number of benzene rings is 2. The first-order valence-corrected chi connectivity index (χ1v) is 11.7. The number of carbonyl (C=O) groups is 3. The van der Waals surface area contributed by atoms with Crippen LogP contribution in [0.2, 0.25) is 0 Å². The third-order valence-corrected chi connectivity index (χ3v) is 5.20. The number of allylic oxidation sites excluding steroid dienone is 1. The van der Waals surface area contributed by atoms with Gasteiger partial charge in [-0.25, -0.2) is 9.18 Å². The standard InChI is InChI=1S/C24H24F7N3O2.C2H3NO2/c1-4-5-14(2)33-13-15(12-32)19-10-16(23(26,27)28)11-20(24(29,30)31)21(19)36-22(35)34(3)18-8-6-17(25)7-9-18;4-1-3-2-5/h6-14H,4-5,32H2,1-3H3;1-2H,(H,3,4,5)/b15-12+,33-13?;. The van der Waals surface area contributed by atoms with Crippen LogP contribution in [0.15, 0.2) is 47.6 Å². The van der Waals surface area contributed by atoms with Crippen LogP contribution in [0.25, 0.3) is 5.57 Å². The number of hydrogen-bond acceptors (Lipinski definition) is 6. The van der Waals surface area contributed by atoms with Crippen LogP contribution in [0.3, 0.4) is 0 Å². The first-order valence-electron chi connectivity index (χ1n) is 11.7. The monoisotopic (exact) mass is 592 g/mol. The molecule has 3 N–H and O–H groups in total. The molecule has 0 heterocycles. The van der Waals surface area contributed by atoms with Crippen molar-refractivity contribution in [2.24, 2.45) is 10.7 Å². The number of hydrogen-bond donors (Lipinski definition) is 2. The molecule has 8 nitrogen and oxygen atoms in total. The molecule has 2 rings (SSSR count). The number of anilines is 1. The topological polar surface area (TPSA) is 114 Å². The fourth-order valence-electron chi connectivity index (χ4n) is 3.18. The molecule has 0 radical (unpaired) electrons. The zero-order valence-corrected chi connectivity index (χ0v) is 22.0. The molecule has 1 atom stereocenters. The molecule has 15 heteroatoms. The predicted octanol–water partition coefficient (Wildman–Crippen LogP) is 5.95. The average Bonchev–Trinajstić information content (AvgIpc) is 2.89. The fourth-order valence-corrected chi connectivity index (χ4v) is 3.18. The van der Waals surface area contributed by atoms with Crippen LogP contribution in [0, 0.1) is 5.82 Å². The maximum Gasteiger partial charge on any atom is 0.420 e. The van der Waals surface area contributed by atoms with Crippen molar-refractivity contribution in [2.45, 2.75) is 45.1 Å². The van der Waals surface area contributed by atoms with E-state index in [1.165, 1.54) is 12.1 Å². The van der Waals surface area contributed by atoms with Gasteiger partial charge in [-0.2, -0.15) is 26.3 Å². The van der Waals surface area contributed by atoms with Gasteiger partial charge < -0.3 is 15.8 Å². The minimum atomic E-state index is -5.33. The molecule has 1 unspecified atom stereocenters. The number of imide groups is 1. The third-order valence-electron chi connectivity index (χ3n) is 5.20. The highest BCUT2D eigenvalue weighted by molar-refractivity contribution is 6.11.